The lowest BCUT2D eigenvalue weighted by Gasteiger charge is -2.13. The molecule has 0 unspecified atom stereocenters. The van der Waals surface area contributed by atoms with E-state index in [0.29, 0.717) is 0 Å². The van der Waals surface area contributed by atoms with Crippen LogP contribution in [0.25, 0.3) is 0 Å². The number of carbonyl (C=O) groups is 3. The average molecular weight is 345 g/mol. The van der Waals surface area contributed by atoms with E-state index < -0.39 is 29.4 Å². The zero-order valence-corrected chi connectivity index (χ0v) is 13.0. The number of hydrogen-bond donors (Lipinski definition) is 1. The molecule has 25 heavy (non-hydrogen) atoms. The van der Waals surface area contributed by atoms with Crippen LogP contribution in [0.2, 0.25) is 0 Å². The second kappa shape index (κ2) is 6.76. The Kier molecular flexibility index (Phi) is 4.51. The Morgan fingerprint density at radius 2 is 1.96 bits per heavy atom. The molecule has 2 heterocycles. The van der Waals surface area contributed by atoms with Crippen molar-refractivity contribution in [2.24, 2.45) is 0 Å². The third-order valence-electron chi connectivity index (χ3n) is 3.72. The molecule has 0 saturated carbocycles. The molecule has 0 aliphatic carbocycles. The molecular formula is C17H13F2N3O3. The maximum atomic E-state index is 13.5. The predicted octanol–water partition coefficient (Wildman–Crippen LogP) is 2.37. The molecular weight excluding hydrogens is 332 g/mol. The summed E-state index contributed by atoms with van der Waals surface area (Å²) < 4.78 is 26.5. The van der Waals surface area contributed by atoms with Gasteiger partial charge >= 0.3 is 0 Å². The monoisotopic (exact) mass is 345 g/mol. The van der Waals surface area contributed by atoms with Crippen LogP contribution in [0.3, 0.4) is 0 Å². The van der Waals surface area contributed by atoms with Crippen molar-refractivity contribution >= 4 is 23.4 Å². The molecule has 0 fully saturated rings. The summed E-state index contributed by atoms with van der Waals surface area (Å²) in [6.45, 7) is 0.0348. The number of hydrogen-bond acceptors (Lipinski definition) is 4. The number of amides is 3. The number of rotatable bonds is 5. The van der Waals surface area contributed by atoms with E-state index in [-0.39, 0.29) is 36.3 Å². The summed E-state index contributed by atoms with van der Waals surface area (Å²) in [4.78, 5) is 41.0. The number of imide groups is 1. The Morgan fingerprint density at radius 1 is 1.16 bits per heavy atom. The van der Waals surface area contributed by atoms with Gasteiger partial charge < -0.3 is 5.32 Å². The highest BCUT2D eigenvalue weighted by Gasteiger charge is 2.36. The molecule has 0 bridgehead atoms. The Balaban J connectivity index is 1.55. The summed E-state index contributed by atoms with van der Waals surface area (Å²) in [6.07, 6.45) is 1.56. The number of carbonyl (C=O) groups excluding carboxylic acids is 3. The molecule has 1 aliphatic rings. The maximum absolute atomic E-state index is 13.5. The van der Waals surface area contributed by atoms with E-state index in [2.05, 4.69) is 10.3 Å². The average Bonchev–Trinajstić information content (AvgIpc) is 2.83. The van der Waals surface area contributed by atoms with E-state index in [0.717, 1.165) is 23.1 Å². The van der Waals surface area contributed by atoms with Crippen LogP contribution in [0.15, 0.2) is 36.5 Å². The van der Waals surface area contributed by atoms with Crippen LogP contribution >= 0.6 is 0 Å². The third kappa shape index (κ3) is 3.37. The van der Waals surface area contributed by atoms with Gasteiger partial charge in [0.15, 0.2) is 0 Å². The first-order valence-corrected chi connectivity index (χ1v) is 7.53. The molecule has 8 heteroatoms. The predicted molar refractivity (Wildman–Crippen MR) is 83.8 cm³/mol. The van der Waals surface area contributed by atoms with Crippen LogP contribution in [0.4, 0.5) is 14.5 Å². The van der Waals surface area contributed by atoms with Crippen LogP contribution < -0.4 is 5.32 Å². The number of benzene rings is 1. The van der Waals surface area contributed by atoms with Crippen LogP contribution in [-0.2, 0) is 4.79 Å². The first-order chi connectivity index (χ1) is 12.0. The van der Waals surface area contributed by atoms with Gasteiger partial charge in [0.05, 0.1) is 11.3 Å². The van der Waals surface area contributed by atoms with Crippen molar-refractivity contribution in [3.8, 4) is 0 Å². The van der Waals surface area contributed by atoms with Gasteiger partial charge in [0.25, 0.3) is 11.8 Å². The van der Waals surface area contributed by atoms with Crippen LogP contribution in [0, 0.1) is 11.6 Å². The molecule has 1 aromatic carbocycles. The Labute approximate surface area is 141 Å². The van der Waals surface area contributed by atoms with E-state index in [1.807, 2.05) is 0 Å². The number of nitrogens with one attached hydrogen (secondary N) is 1. The van der Waals surface area contributed by atoms with Gasteiger partial charge in [0, 0.05) is 25.2 Å². The largest absolute Gasteiger partial charge is 0.324 e. The van der Waals surface area contributed by atoms with E-state index >= 15 is 0 Å². The zero-order valence-electron chi connectivity index (χ0n) is 13.0. The van der Waals surface area contributed by atoms with Gasteiger partial charge in [-0.3, -0.25) is 24.3 Å². The third-order valence-corrected chi connectivity index (χ3v) is 3.72. The number of anilines is 1. The molecule has 0 spiro atoms. The first kappa shape index (κ1) is 16.7. The minimum absolute atomic E-state index is 0.0348. The topological polar surface area (TPSA) is 79.4 Å². The second-order valence-corrected chi connectivity index (χ2v) is 5.44. The molecule has 0 radical (unpaired) electrons. The molecule has 3 amide bonds. The Hall–Kier alpha value is -3.16. The van der Waals surface area contributed by atoms with Gasteiger partial charge in [-0.1, -0.05) is 0 Å². The lowest BCUT2D eigenvalue weighted by atomic mass is 10.2. The highest BCUT2D eigenvalue weighted by atomic mass is 19.1. The lowest BCUT2D eigenvalue weighted by molar-refractivity contribution is -0.116. The van der Waals surface area contributed by atoms with Gasteiger partial charge in [0.2, 0.25) is 5.91 Å². The van der Waals surface area contributed by atoms with Crippen molar-refractivity contribution in [1.29, 1.82) is 0 Å². The standard InChI is InChI=1S/C17H13F2N3O3/c18-10-5-6-12(19)13(9-10)21-14(23)4-2-8-22-16(24)11-3-1-7-20-15(11)17(22)25/h1,3,5-7,9H,2,4,8H2,(H,21,23). The molecule has 0 atom stereocenters. The Morgan fingerprint density at radius 3 is 2.72 bits per heavy atom. The smallest absolute Gasteiger partial charge is 0.280 e. The number of halogens is 2. The number of nitrogens with zero attached hydrogens (tertiary/aromatic N) is 2. The minimum atomic E-state index is -0.749. The van der Waals surface area contributed by atoms with Crippen molar-refractivity contribution in [2.45, 2.75) is 12.8 Å². The summed E-state index contributed by atoms with van der Waals surface area (Å²) in [5.41, 5.74) is 0.0764. The van der Waals surface area contributed by atoms with Gasteiger partial charge in [-0.15, -0.1) is 0 Å². The zero-order chi connectivity index (χ0) is 18.0. The number of pyridine rings is 1. The fourth-order valence-corrected chi connectivity index (χ4v) is 2.52. The van der Waals surface area contributed by atoms with Crippen LogP contribution in [0.5, 0.6) is 0 Å². The minimum Gasteiger partial charge on any atom is -0.324 e. The maximum Gasteiger partial charge on any atom is 0.280 e. The van der Waals surface area contributed by atoms with E-state index in [1.54, 1.807) is 6.07 Å². The van der Waals surface area contributed by atoms with Crippen LogP contribution in [0.1, 0.15) is 33.7 Å². The summed E-state index contributed by atoms with van der Waals surface area (Å²) in [5, 5.41) is 2.26. The molecule has 2 aromatic rings. The van der Waals surface area contributed by atoms with Crippen molar-refractivity contribution in [1.82, 2.24) is 9.88 Å². The molecule has 0 saturated heterocycles. The fraction of sp³-hybridized carbons (Fsp3) is 0.176. The summed E-state index contributed by atoms with van der Waals surface area (Å²) >= 11 is 0. The molecule has 1 aromatic heterocycles. The van der Waals surface area contributed by atoms with E-state index in [1.165, 1.54) is 12.3 Å². The SMILES string of the molecule is O=C(CCCN1C(=O)c2cccnc2C1=O)Nc1cc(F)ccc1F. The quantitative estimate of drug-likeness (QED) is 0.844. The van der Waals surface area contributed by atoms with Gasteiger partial charge in [-0.25, -0.2) is 8.78 Å². The number of aromatic nitrogens is 1. The fourth-order valence-electron chi connectivity index (χ4n) is 2.52. The van der Waals surface area contributed by atoms with Gasteiger partial charge in [-0.2, -0.15) is 0 Å². The van der Waals surface area contributed by atoms with Crippen molar-refractivity contribution < 1.29 is 23.2 Å². The summed E-state index contributed by atoms with van der Waals surface area (Å²) in [5.74, 6) is -2.92. The van der Waals surface area contributed by atoms with Crippen molar-refractivity contribution in [3.63, 3.8) is 0 Å². The molecule has 1 aliphatic heterocycles. The van der Waals surface area contributed by atoms with E-state index in [4.69, 9.17) is 0 Å². The summed E-state index contributed by atoms with van der Waals surface area (Å²) in [6, 6.07) is 5.82. The lowest BCUT2D eigenvalue weighted by Crippen LogP contribution is -2.31. The highest BCUT2D eigenvalue weighted by Crippen LogP contribution is 2.21. The normalized spacial score (nSPS) is 13.1. The number of fused-ring (bicyclic) bond motifs is 1. The highest BCUT2D eigenvalue weighted by molar-refractivity contribution is 6.20. The second-order valence-electron chi connectivity index (χ2n) is 5.44. The van der Waals surface area contributed by atoms with Gasteiger partial charge in [0.1, 0.15) is 17.3 Å². The van der Waals surface area contributed by atoms with Crippen molar-refractivity contribution in [3.05, 3.63) is 59.4 Å². The molecule has 128 valence electrons. The van der Waals surface area contributed by atoms with E-state index in [9.17, 15) is 23.2 Å². The molecule has 1 N–H and O–H groups in total. The Bertz CT molecular complexity index is 835. The molecule has 6 nitrogen and oxygen atoms in total. The summed E-state index contributed by atoms with van der Waals surface area (Å²) in [7, 11) is 0. The van der Waals surface area contributed by atoms with Crippen LogP contribution in [-0.4, -0.2) is 34.2 Å². The van der Waals surface area contributed by atoms with Gasteiger partial charge in [-0.05, 0) is 30.7 Å². The first-order valence-electron chi connectivity index (χ1n) is 7.53. The molecule has 3 rings (SSSR count). The van der Waals surface area contributed by atoms with Crippen molar-refractivity contribution in [2.75, 3.05) is 11.9 Å².